The van der Waals surface area contributed by atoms with Crippen molar-refractivity contribution in [1.82, 2.24) is 15.5 Å². The van der Waals surface area contributed by atoms with Gasteiger partial charge in [0, 0.05) is 6.54 Å². The minimum atomic E-state index is -0.349. The number of hydrogen-bond acceptors (Lipinski definition) is 5. The summed E-state index contributed by atoms with van der Waals surface area (Å²) >= 11 is 1.31. The second kappa shape index (κ2) is 5.93. The van der Waals surface area contributed by atoms with E-state index in [1.807, 2.05) is 13.0 Å². The molecule has 0 saturated carbocycles. The number of rotatable bonds is 3. The maximum absolute atomic E-state index is 11.6. The first-order chi connectivity index (χ1) is 9.17. The Morgan fingerprint density at radius 1 is 1.47 bits per heavy atom. The summed E-state index contributed by atoms with van der Waals surface area (Å²) in [5, 5.41) is 22.9. The van der Waals surface area contributed by atoms with Gasteiger partial charge in [0.1, 0.15) is 5.01 Å². The van der Waals surface area contributed by atoms with Crippen LogP contribution in [0.25, 0.3) is 0 Å². The number of carbonyl (C=O) groups is 1. The number of aromatic nitrogens is 2. The summed E-state index contributed by atoms with van der Waals surface area (Å²) in [5.74, 6) is 0. The Morgan fingerprint density at radius 3 is 3.00 bits per heavy atom. The summed E-state index contributed by atoms with van der Waals surface area (Å²) in [6.45, 7) is 2.16. The summed E-state index contributed by atoms with van der Waals surface area (Å²) in [7, 11) is 0. The average Bonchev–Trinajstić information content (AvgIpc) is 2.82. The number of hydrogen-bond donors (Lipinski definition) is 2. The Hall–Kier alpha value is -2.46. The van der Waals surface area contributed by atoms with E-state index in [9.17, 15) is 4.79 Å². The van der Waals surface area contributed by atoms with Gasteiger partial charge in [0.25, 0.3) is 0 Å². The highest BCUT2D eigenvalue weighted by atomic mass is 32.1. The number of nitrogens with one attached hydrogen (secondary N) is 2. The molecule has 2 N–H and O–H groups in total. The van der Waals surface area contributed by atoms with Gasteiger partial charge < -0.3 is 5.32 Å². The van der Waals surface area contributed by atoms with E-state index >= 15 is 0 Å². The van der Waals surface area contributed by atoms with E-state index in [2.05, 4.69) is 26.9 Å². The molecule has 7 heteroatoms. The van der Waals surface area contributed by atoms with Gasteiger partial charge in [-0.1, -0.05) is 23.5 Å². The molecule has 1 aromatic heterocycles. The van der Waals surface area contributed by atoms with E-state index in [0.29, 0.717) is 17.2 Å². The lowest BCUT2D eigenvalue weighted by Gasteiger charge is -2.05. The molecule has 0 aliphatic rings. The molecule has 2 rings (SSSR count). The van der Waals surface area contributed by atoms with Crippen molar-refractivity contribution >= 4 is 22.5 Å². The third-order valence-corrected chi connectivity index (χ3v) is 3.01. The van der Waals surface area contributed by atoms with Crippen LogP contribution >= 0.6 is 11.3 Å². The first-order valence-electron chi connectivity index (χ1n) is 5.51. The second-order valence-corrected chi connectivity index (χ2v) is 4.93. The molecule has 0 atom stereocenters. The van der Waals surface area contributed by atoms with Crippen LogP contribution in [0.5, 0.6) is 0 Å². The number of urea groups is 1. The molecule has 0 radical (unpaired) electrons. The molecule has 0 saturated heterocycles. The lowest BCUT2D eigenvalue weighted by molar-refractivity contribution is 0.251. The maximum atomic E-state index is 11.6. The van der Waals surface area contributed by atoms with Gasteiger partial charge in [0.2, 0.25) is 5.13 Å². The van der Waals surface area contributed by atoms with Crippen molar-refractivity contribution in [3.63, 3.8) is 0 Å². The predicted octanol–water partition coefficient (Wildman–Crippen LogP) is 2.04. The van der Waals surface area contributed by atoms with Gasteiger partial charge in [-0.05, 0) is 24.6 Å². The molecule has 6 nitrogen and oxygen atoms in total. The van der Waals surface area contributed by atoms with Crippen LogP contribution in [0.2, 0.25) is 0 Å². The smallest absolute Gasteiger partial charge is 0.321 e. The Kier molecular flexibility index (Phi) is 4.05. The zero-order valence-electron chi connectivity index (χ0n) is 10.2. The largest absolute Gasteiger partial charge is 0.334 e. The third kappa shape index (κ3) is 3.76. The average molecular weight is 273 g/mol. The van der Waals surface area contributed by atoms with Crippen LogP contribution in [0.4, 0.5) is 9.93 Å². The summed E-state index contributed by atoms with van der Waals surface area (Å²) in [6, 6.07) is 8.77. The summed E-state index contributed by atoms with van der Waals surface area (Å²) in [6.07, 6.45) is 0. The molecule has 0 fully saturated rings. The van der Waals surface area contributed by atoms with Gasteiger partial charge in [-0.25, -0.2) is 4.79 Å². The molecule has 19 heavy (non-hydrogen) atoms. The summed E-state index contributed by atoms with van der Waals surface area (Å²) in [4.78, 5) is 11.6. The van der Waals surface area contributed by atoms with E-state index < -0.39 is 0 Å². The number of carbonyl (C=O) groups excluding carboxylic acids is 1. The number of aryl methyl sites for hydroxylation is 1. The molecule has 0 bridgehead atoms. The standard InChI is InChI=1S/C12H11N5OS/c1-8-16-17-12(19-8)15-11(18)14-7-10-4-2-3-9(5-10)6-13/h2-5H,7H2,1H3,(H2,14,15,17,18). The van der Waals surface area contributed by atoms with E-state index in [1.165, 1.54) is 11.3 Å². The molecule has 1 heterocycles. The van der Waals surface area contributed by atoms with E-state index in [4.69, 9.17) is 5.26 Å². The van der Waals surface area contributed by atoms with Crippen molar-refractivity contribution in [2.45, 2.75) is 13.5 Å². The van der Waals surface area contributed by atoms with Crippen molar-refractivity contribution in [2.24, 2.45) is 0 Å². The molecular formula is C12H11N5OS. The fourth-order valence-corrected chi connectivity index (χ4v) is 2.01. The molecule has 2 aromatic rings. The highest BCUT2D eigenvalue weighted by Gasteiger charge is 2.05. The van der Waals surface area contributed by atoms with Crippen LogP contribution < -0.4 is 10.6 Å². The predicted molar refractivity (Wildman–Crippen MR) is 71.7 cm³/mol. The van der Waals surface area contributed by atoms with Gasteiger partial charge in [0.15, 0.2) is 0 Å². The molecule has 96 valence electrons. The lowest BCUT2D eigenvalue weighted by atomic mass is 10.1. The minimum absolute atomic E-state index is 0.346. The highest BCUT2D eigenvalue weighted by Crippen LogP contribution is 2.13. The van der Waals surface area contributed by atoms with Crippen molar-refractivity contribution < 1.29 is 4.79 Å². The Morgan fingerprint density at radius 2 is 2.32 bits per heavy atom. The van der Waals surface area contributed by atoms with Gasteiger partial charge in [-0.3, -0.25) is 5.32 Å². The Balaban J connectivity index is 1.88. The summed E-state index contributed by atoms with van der Waals surface area (Å²) in [5.41, 5.74) is 1.43. The first-order valence-corrected chi connectivity index (χ1v) is 6.33. The van der Waals surface area contributed by atoms with Gasteiger partial charge in [-0.15, -0.1) is 10.2 Å². The van der Waals surface area contributed by atoms with Crippen LogP contribution in [0, 0.1) is 18.3 Å². The summed E-state index contributed by atoms with van der Waals surface area (Å²) < 4.78 is 0. The van der Waals surface area contributed by atoms with Crippen LogP contribution in [0.3, 0.4) is 0 Å². The second-order valence-electron chi connectivity index (χ2n) is 3.75. The van der Waals surface area contributed by atoms with Crippen molar-refractivity contribution in [3.05, 3.63) is 40.4 Å². The van der Waals surface area contributed by atoms with Crippen molar-refractivity contribution in [2.75, 3.05) is 5.32 Å². The quantitative estimate of drug-likeness (QED) is 0.895. The number of anilines is 1. The van der Waals surface area contributed by atoms with Crippen molar-refractivity contribution in [3.8, 4) is 6.07 Å². The highest BCUT2D eigenvalue weighted by molar-refractivity contribution is 7.15. The number of nitriles is 1. The molecule has 1 aromatic carbocycles. The van der Waals surface area contributed by atoms with Crippen LogP contribution in [-0.2, 0) is 6.54 Å². The zero-order chi connectivity index (χ0) is 13.7. The third-order valence-electron chi connectivity index (χ3n) is 2.26. The monoisotopic (exact) mass is 273 g/mol. The molecule has 2 amide bonds. The maximum Gasteiger partial charge on any atom is 0.321 e. The fraction of sp³-hybridized carbons (Fsp3) is 0.167. The zero-order valence-corrected chi connectivity index (χ0v) is 11.0. The molecule has 0 unspecified atom stereocenters. The van der Waals surface area contributed by atoms with Gasteiger partial charge in [-0.2, -0.15) is 5.26 Å². The molecular weight excluding hydrogens is 262 g/mol. The molecule has 0 aliphatic carbocycles. The molecule has 0 aliphatic heterocycles. The topological polar surface area (TPSA) is 90.7 Å². The van der Waals surface area contributed by atoms with E-state index in [-0.39, 0.29) is 6.03 Å². The number of benzene rings is 1. The number of amides is 2. The van der Waals surface area contributed by atoms with E-state index in [1.54, 1.807) is 18.2 Å². The number of nitrogens with zero attached hydrogens (tertiary/aromatic N) is 3. The van der Waals surface area contributed by atoms with Crippen LogP contribution in [0.15, 0.2) is 24.3 Å². The minimum Gasteiger partial charge on any atom is -0.334 e. The Bertz CT molecular complexity index is 631. The SMILES string of the molecule is Cc1nnc(NC(=O)NCc2cccc(C#N)c2)s1. The molecule has 0 spiro atoms. The van der Waals surface area contributed by atoms with Crippen LogP contribution in [0.1, 0.15) is 16.1 Å². The normalized spacial score (nSPS) is 9.68. The Labute approximate surface area is 114 Å². The van der Waals surface area contributed by atoms with Gasteiger partial charge >= 0.3 is 6.03 Å². The fourth-order valence-electron chi connectivity index (χ4n) is 1.42. The van der Waals surface area contributed by atoms with Crippen LogP contribution in [-0.4, -0.2) is 16.2 Å². The van der Waals surface area contributed by atoms with Gasteiger partial charge in [0.05, 0.1) is 11.6 Å². The van der Waals surface area contributed by atoms with Crippen molar-refractivity contribution in [1.29, 1.82) is 5.26 Å². The first kappa shape index (κ1) is 13.0. The lowest BCUT2D eigenvalue weighted by Crippen LogP contribution is -2.28. The van der Waals surface area contributed by atoms with E-state index in [0.717, 1.165) is 10.6 Å².